The van der Waals surface area contributed by atoms with Crippen LogP contribution in [0.5, 0.6) is 0 Å². The lowest BCUT2D eigenvalue weighted by atomic mass is 9.99. The van der Waals surface area contributed by atoms with Gasteiger partial charge >= 0.3 is 12.0 Å². The van der Waals surface area contributed by atoms with Crippen molar-refractivity contribution in [3.05, 3.63) is 29.6 Å². The minimum absolute atomic E-state index is 0.0249. The second kappa shape index (κ2) is 6.36. The van der Waals surface area contributed by atoms with Gasteiger partial charge in [0, 0.05) is 17.6 Å². The molecule has 0 aromatic heterocycles. The number of rotatable bonds is 5. The standard InChI is InChI=1S/C14H19FN2O3/c1-9-8-10(15)4-5-11(9)16-13(20)17-14(2,3)7-6-12(18)19/h4-5,8H,6-7H2,1-3H3,(H,18,19)(H2,16,17,20). The molecule has 0 aliphatic carbocycles. The molecule has 0 saturated heterocycles. The summed E-state index contributed by atoms with van der Waals surface area (Å²) in [5.74, 6) is -1.27. The zero-order valence-electron chi connectivity index (χ0n) is 11.8. The predicted octanol–water partition coefficient (Wildman–Crippen LogP) is 2.90. The lowest BCUT2D eigenvalue weighted by Crippen LogP contribution is -2.45. The van der Waals surface area contributed by atoms with Crippen LogP contribution in [0.3, 0.4) is 0 Å². The maximum Gasteiger partial charge on any atom is 0.319 e. The molecular formula is C14H19FN2O3. The van der Waals surface area contributed by atoms with E-state index in [-0.39, 0.29) is 12.2 Å². The summed E-state index contributed by atoms with van der Waals surface area (Å²) in [7, 11) is 0. The van der Waals surface area contributed by atoms with Gasteiger partial charge in [-0.3, -0.25) is 4.79 Å². The molecule has 0 fully saturated rings. The van der Waals surface area contributed by atoms with Crippen molar-refractivity contribution in [2.45, 2.75) is 39.2 Å². The first-order valence-electron chi connectivity index (χ1n) is 6.27. The molecule has 3 N–H and O–H groups in total. The van der Waals surface area contributed by atoms with Crippen molar-refractivity contribution in [3.8, 4) is 0 Å². The average Bonchev–Trinajstić information content (AvgIpc) is 2.30. The van der Waals surface area contributed by atoms with Crippen LogP contribution in [0.15, 0.2) is 18.2 Å². The van der Waals surface area contributed by atoms with Gasteiger partial charge in [0.2, 0.25) is 0 Å². The molecule has 0 unspecified atom stereocenters. The number of carbonyl (C=O) groups is 2. The van der Waals surface area contributed by atoms with Crippen molar-refractivity contribution >= 4 is 17.7 Å². The largest absolute Gasteiger partial charge is 0.481 e. The Labute approximate surface area is 117 Å². The fourth-order valence-electron chi connectivity index (χ4n) is 1.71. The lowest BCUT2D eigenvalue weighted by Gasteiger charge is -2.26. The van der Waals surface area contributed by atoms with Crippen LogP contribution in [0.25, 0.3) is 0 Å². The monoisotopic (exact) mass is 282 g/mol. The third kappa shape index (κ3) is 5.26. The molecule has 0 bridgehead atoms. The van der Waals surface area contributed by atoms with Crippen LogP contribution < -0.4 is 10.6 Å². The second-order valence-electron chi connectivity index (χ2n) is 5.32. The van der Waals surface area contributed by atoms with E-state index in [2.05, 4.69) is 10.6 Å². The molecule has 0 atom stereocenters. The fourth-order valence-corrected chi connectivity index (χ4v) is 1.71. The van der Waals surface area contributed by atoms with Gasteiger partial charge in [-0.2, -0.15) is 0 Å². The highest BCUT2D eigenvalue weighted by Crippen LogP contribution is 2.16. The zero-order valence-corrected chi connectivity index (χ0v) is 11.8. The van der Waals surface area contributed by atoms with Crippen LogP contribution in [0.4, 0.5) is 14.9 Å². The number of anilines is 1. The van der Waals surface area contributed by atoms with Crippen molar-refractivity contribution in [2.24, 2.45) is 0 Å². The summed E-state index contributed by atoms with van der Waals surface area (Å²) in [4.78, 5) is 22.4. The van der Waals surface area contributed by atoms with Crippen LogP contribution in [-0.4, -0.2) is 22.6 Å². The maximum atomic E-state index is 12.9. The van der Waals surface area contributed by atoms with Gasteiger partial charge in [0.15, 0.2) is 0 Å². The van der Waals surface area contributed by atoms with Gasteiger partial charge in [-0.15, -0.1) is 0 Å². The summed E-state index contributed by atoms with van der Waals surface area (Å²) in [6.07, 6.45) is 0.293. The van der Waals surface area contributed by atoms with E-state index in [1.807, 2.05) is 0 Å². The molecule has 0 aliphatic rings. The number of nitrogens with one attached hydrogen (secondary N) is 2. The van der Waals surface area contributed by atoms with E-state index < -0.39 is 17.5 Å². The molecule has 1 aromatic carbocycles. The van der Waals surface area contributed by atoms with Gasteiger partial charge in [-0.1, -0.05) is 0 Å². The molecule has 0 spiro atoms. The summed E-state index contributed by atoms with van der Waals surface area (Å²) in [5.41, 5.74) is 0.484. The topological polar surface area (TPSA) is 78.4 Å². The van der Waals surface area contributed by atoms with Gasteiger partial charge < -0.3 is 15.7 Å². The molecule has 0 heterocycles. The fraction of sp³-hybridized carbons (Fsp3) is 0.429. The van der Waals surface area contributed by atoms with E-state index in [4.69, 9.17) is 5.11 Å². The highest BCUT2D eigenvalue weighted by molar-refractivity contribution is 5.90. The molecule has 5 nitrogen and oxygen atoms in total. The third-order valence-electron chi connectivity index (χ3n) is 2.85. The first-order chi connectivity index (χ1) is 9.19. The molecule has 2 amide bonds. The number of aryl methyl sites for hydroxylation is 1. The Morgan fingerprint density at radius 2 is 2.00 bits per heavy atom. The quantitative estimate of drug-likeness (QED) is 0.777. The maximum absolute atomic E-state index is 12.9. The molecule has 0 aliphatic heterocycles. The Balaban J connectivity index is 2.60. The summed E-state index contributed by atoms with van der Waals surface area (Å²) in [6.45, 7) is 5.17. The smallest absolute Gasteiger partial charge is 0.319 e. The Kier molecular flexibility index (Phi) is 5.07. The van der Waals surface area contributed by atoms with Gasteiger partial charge in [0.05, 0.1) is 0 Å². The van der Waals surface area contributed by atoms with Crippen LogP contribution in [0, 0.1) is 12.7 Å². The van der Waals surface area contributed by atoms with Crippen LogP contribution in [-0.2, 0) is 4.79 Å². The van der Waals surface area contributed by atoms with E-state index >= 15 is 0 Å². The number of aliphatic carboxylic acids is 1. The summed E-state index contributed by atoms with van der Waals surface area (Å²) >= 11 is 0. The first-order valence-corrected chi connectivity index (χ1v) is 6.27. The lowest BCUT2D eigenvalue weighted by molar-refractivity contribution is -0.137. The van der Waals surface area contributed by atoms with Gasteiger partial charge in [0.1, 0.15) is 5.82 Å². The van der Waals surface area contributed by atoms with E-state index in [1.54, 1.807) is 20.8 Å². The number of carbonyl (C=O) groups excluding carboxylic acids is 1. The number of halogens is 1. The van der Waals surface area contributed by atoms with E-state index in [0.717, 1.165) is 0 Å². The number of benzene rings is 1. The van der Waals surface area contributed by atoms with Crippen molar-refractivity contribution in [1.29, 1.82) is 0 Å². The van der Waals surface area contributed by atoms with Crippen molar-refractivity contribution in [1.82, 2.24) is 5.32 Å². The van der Waals surface area contributed by atoms with E-state index in [9.17, 15) is 14.0 Å². The average molecular weight is 282 g/mol. The highest BCUT2D eigenvalue weighted by atomic mass is 19.1. The zero-order chi connectivity index (χ0) is 15.3. The van der Waals surface area contributed by atoms with Crippen LogP contribution >= 0.6 is 0 Å². The Hall–Kier alpha value is -2.11. The van der Waals surface area contributed by atoms with Crippen LogP contribution in [0.1, 0.15) is 32.3 Å². The van der Waals surface area contributed by atoms with Gasteiger partial charge in [-0.25, -0.2) is 9.18 Å². The number of carboxylic acids is 1. The molecule has 20 heavy (non-hydrogen) atoms. The normalized spacial score (nSPS) is 11.0. The summed E-state index contributed by atoms with van der Waals surface area (Å²) < 4.78 is 12.9. The molecular weight excluding hydrogens is 263 g/mol. The first kappa shape index (κ1) is 15.9. The van der Waals surface area contributed by atoms with Crippen molar-refractivity contribution < 1.29 is 19.1 Å². The second-order valence-corrected chi connectivity index (χ2v) is 5.32. The Bertz CT molecular complexity index is 515. The highest BCUT2D eigenvalue weighted by Gasteiger charge is 2.21. The van der Waals surface area contributed by atoms with Crippen molar-refractivity contribution in [3.63, 3.8) is 0 Å². The molecule has 0 saturated carbocycles. The number of urea groups is 1. The number of amides is 2. The number of hydrogen-bond donors (Lipinski definition) is 3. The van der Waals surface area contributed by atoms with Crippen molar-refractivity contribution in [2.75, 3.05) is 5.32 Å². The molecule has 110 valence electrons. The summed E-state index contributed by atoms with van der Waals surface area (Å²) in [5, 5.41) is 14.0. The Morgan fingerprint density at radius 3 is 2.55 bits per heavy atom. The number of hydrogen-bond acceptors (Lipinski definition) is 2. The third-order valence-corrected chi connectivity index (χ3v) is 2.85. The predicted molar refractivity (Wildman–Crippen MR) is 74.2 cm³/mol. The van der Waals surface area contributed by atoms with Gasteiger partial charge in [0.25, 0.3) is 0 Å². The van der Waals surface area contributed by atoms with Crippen LogP contribution in [0.2, 0.25) is 0 Å². The molecule has 0 radical (unpaired) electrons. The SMILES string of the molecule is Cc1cc(F)ccc1NC(=O)NC(C)(C)CCC(=O)O. The molecule has 1 rings (SSSR count). The number of carboxylic acid groups (broad SMARTS) is 1. The van der Waals surface area contributed by atoms with Gasteiger partial charge in [-0.05, 0) is 51.0 Å². The minimum atomic E-state index is -0.908. The molecule has 1 aromatic rings. The minimum Gasteiger partial charge on any atom is -0.481 e. The molecule has 6 heteroatoms. The summed E-state index contributed by atoms with van der Waals surface area (Å²) in [6, 6.07) is 3.62. The van der Waals surface area contributed by atoms with E-state index in [1.165, 1.54) is 18.2 Å². The Morgan fingerprint density at radius 1 is 1.35 bits per heavy atom. The van der Waals surface area contributed by atoms with E-state index in [0.29, 0.717) is 17.7 Å².